The van der Waals surface area contributed by atoms with E-state index in [0.29, 0.717) is 31.2 Å². The molecule has 7 heteroatoms. The van der Waals surface area contributed by atoms with Crippen molar-refractivity contribution in [1.29, 1.82) is 0 Å². The molecule has 0 spiro atoms. The minimum absolute atomic E-state index is 0.219. The Hall–Kier alpha value is -2.38. The highest BCUT2D eigenvalue weighted by Crippen LogP contribution is 2.31. The maximum Gasteiger partial charge on any atom is 0.294 e. The van der Waals surface area contributed by atoms with Gasteiger partial charge < -0.3 is 9.64 Å². The number of benzene rings is 1. The van der Waals surface area contributed by atoms with Gasteiger partial charge in [-0.2, -0.15) is 0 Å². The van der Waals surface area contributed by atoms with Crippen molar-refractivity contribution in [2.24, 2.45) is 0 Å². The Morgan fingerprint density at radius 1 is 1.19 bits per heavy atom. The van der Waals surface area contributed by atoms with Crippen LogP contribution in [0.4, 0.5) is 4.79 Å². The van der Waals surface area contributed by atoms with E-state index in [0.717, 1.165) is 27.8 Å². The normalized spacial score (nSPS) is 20.2. The van der Waals surface area contributed by atoms with Crippen molar-refractivity contribution in [2.45, 2.75) is 6.92 Å². The van der Waals surface area contributed by atoms with Crippen LogP contribution in [0.5, 0.6) is 0 Å². The van der Waals surface area contributed by atoms with Crippen LogP contribution >= 0.6 is 11.8 Å². The third-order valence-corrected chi connectivity index (χ3v) is 4.99. The molecule has 0 aromatic heterocycles. The SMILES string of the molecule is CC(=C/c1ccccc1)/C=C1/SC(=O)N(CC(=O)N2CCOCC2)C1=O. The van der Waals surface area contributed by atoms with E-state index in [1.54, 1.807) is 11.0 Å². The molecule has 0 atom stereocenters. The first-order chi connectivity index (χ1) is 12.5. The summed E-state index contributed by atoms with van der Waals surface area (Å²) in [5.41, 5.74) is 1.88. The Bertz CT molecular complexity index is 767. The maximum atomic E-state index is 12.5. The predicted octanol–water partition coefficient (Wildman–Crippen LogP) is 2.53. The highest BCUT2D eigenvalue weighted by Gasteiger charge is 2.37. The average Bonchev–Trinajstić information content (AvgIpc) is 2.90. The summed E-state index contributed by atoms with van der Waals surface area (Å²) in [5.74, 6) is -0.643. The number of ether oxygens (including phenoxy) is 1. The zero-order valence-electron chi connectivity index (χ0n) is 14.5. The number of thioether (sulfide) groups is 1. The van der Waals surface area contributed by atoms with Crippen LogP contribution in [0, 0.1) is 0 Å². The van der Waals surface area contributed by atoms with Gasteiger partial charge in [-0.05, 0) is 35.9 Å². The lowest BCUT2D eigenvalue weighted by molar-refractivity contribution is -0.139. The highest BCUT2D eigenvalue weighted by atomic mass is 32.2. The third-order valence-electron chi connectivity index (χ3n) is 4.08. The van der Waals surface area contributed by atoms with Crippen LogP contribution < -0.4 is 0 Å². The van der Waals surface area contributed by atoms with E-state index in [2.05, 4.69) is 0 Å². The summed E-state index contributed by atoms with van der Waals surface area (Å²) < 4.78 is 5.21. The molecule has 2 aliphatic rings. The van der Waals surface area contributed by atoms with Gasteiger partial charge in [0.2, 0.25) is 5.91 Å². The molecule has 3 amide bonds. The van der Waals surface area contributed by atoms with Crippen molar-refractivity contribution in [3.8, 4) is 0 Å². The summed E-state index contributed by atoms with van der Waals surface area (Å²) in [6, 6.07) is 9.73. The number of hydrogen-bond donors (Lipinski definition) is 0. The smallest absolute Gasteiger partial charge is 0.294 e. The fraction of sp³-hybridized carbons (Fsp3) is 0.316. The topological polar surface area (TPSA) is 66.9 Å². The van der Waals surface area contributed by atoms with Crippen molar-refractivity contribution < 1.29 is 19.1 Å². The molecule has 1 aromatic rings. The molecular formula is C19H20N2O4S. The Kier molecular flexibility index (Phi) is 5.90. The fourth-order valence-electron chi connectivity index (χ4n) is 2.74. The van der Waals surface area contributed by atoms with Crippen LogP contribution in [-0.2, 0) is 14.3 Å². The van der Waals surface area contributed by atoms with E-state index in [9.17, 15) is 14.4 Å². The number of hydrogen-bond acceptors (Lipinski definition) is 5. The lowest BCUT2D eigenvalue weighted by atomic mass is 10.1. The molecule has 26 heavy (non-hydrogen) atoms. The number of morpholine rings is 1. The molecule has 2 aliphatic heterocycles. The first-order valence-electron chi connectivity index (χ1n) is 8.39. The van der Waals surface area contributed by atoms with Crippen LogP contribution in [0.2, 0.25) is 0 Å². The molecule has 0 aliphatic carbocycles. The van der Waals surface area contributed by atoms with E-state index >= 15 is 0 Å². The van der Waals surface area contributed by atoms with Gasteiger partial charge in [-0.1, -0.05) is 36.4 Å². The zero-order valence-corrected chi connectivity index (χ0v) is 15.3. The molecule has 6 nitrogen and oxygen atoms in total. The van der Waals surface area contributed by atoms with Crippen molar-refractivity contribution in [2.75, 3.05) is 32.8 Å². The van der Waals surface area contributed by atoms with Gasteiger partial charge >= 0.3 is 0 Å². The van der Waals surface area contributed by atoms with E-state index in [-0.39, 0.29) is 12.5 Å². The highest BCUT2D eigenvalue weighted by molar-refractivity contribution is 8.18. The molecule has 0 radical (unpaired) electrons. The third kappa shape index (κ3) is 4.42. The van der Waals surface area contributed by atoms with Crippen molar-refractivity contribution in [3.05, 3.63) is 52.4 Å². The number of imide groups is 1. The second-order valence-corrected chi connectivity index (χ2v) is 7.05. The summed E-state index contributed by atoms with van der Waals surface area (Å²) in [5, 5.41) is -0.407. The summed E-state index contributed by atoms with van der Waals surface area (Å²) in [4.78, 5) is 40.0. The second kappa shape index (κ2) is 8.33. The van der Waals surface area contributed by atoms with Crippen molar-refractivity contribution in [1.82, 2.24) is 9.80 Å². The molecule has 3 rings (SSSR count). The second-order valence-electron chi connectivity index (χ2n) is 6.06. The summed E-state index contributed by atoms with van der Waals surface area (Å²) in [7, 11) is 0. The van der Waals surface area contributed by atoms with E-state index in [1.807, 2.05) is 43.3 Å². The van der Waals surface area contributed by atoms with Gasteiger partial charge in [0, 0.05) is 13.1 Å². The lowest BCUT2D eigenvalue weighted by Crippen LogP contribution is -2.46. The molecule has 0 saturated carbocycles. The summed E-state index contributed by atoms with van der Waals surface area (Å²) >= 11 is 0.872. The Balaban J connectivity index is 1.68. The number of amides is 3. The predicted molar refractivity (Wildman–Crippen MR) is 100 cm³/mol. The largest absolute Gasteiger partial charge is 0.378 e. The molecule has 1 aromatic carbocycles. The summed E-state index contributed by atoms with van der Waals surface area (Å²) in [6.07, 6.45) is 3.63. The monoisotopic (exact) mass is 372 g/mol. The van der Waals surface area contributed by atoms with Crippen molar-refractivity contribution in [3.63, 3.8) is 0 Å². The van der Waals surface area contributed by atoms with Gasteiger partial charge in [0.1, 0.15) is 6.54 Å². The Morgan fingerprint density at radius 2 is 1.88 bits per heavy atom. The quantitative estimate of drug-likeness (QED) is 0.760. The minimum atomic E-state index is -0.414. The van der Waals surface area contributed by atoms with E-state index in [1.165, 1.54) is 0 Å². The molecular weight excluding hydrogens is 352 g/mol. The standard InChI is InChI=1S/C19H20N2O4S/c1-14(11-15-5-3-2-4-6-15)12-16-18(23)21(19(24)26-16)13-17(22)20-7-9-25-10-8-20/h2-6,11-12H,7-10,13H2,1H3/b14-11-,16-12+. The van der Waals surface area contributed by atoms with E-state index < -0.39 is 11.1 Å². The zero-order chi connectivity index (χ0) is 18.5. The van der Waals surface area contributed by atoms with E-state index in [4.69, 9.17) is 4.74 Å². The van der Waals surface area contributed by atoms with Gasteiger partial charge in [-0.3, -0.25) is 19.3 Å². The molecule has 2 saturated heterocycles. The van der Waals surface area contributed by atoms with Gasteiger partial charge in [-0.15, -0.1) is 0 Å². The lowest BCUT2D eigenvalue weighted by Gasteiger charge is -2.28. The van der Waals surface area contributed by atoms with Gasteiger partial charge in [0.25, 0.3) is 11.1 Å². The maximum absolute atomic E-state index is 12.5. The van der Waals surface area contributed by atoms with Gasteiger partial charge in [0.15, 0.2) is 0 Å². The van der Waals surface area contributed by atoms with Crippen LogP contribution in [0.15, 0.2) is 46.9 Å². The van der Waals surface area contributed by atoms with Gasteiger partial charge in [0.05, 0.1) is 18.1 Å². The number of nitrogens with zero attached hydrogens (tertiary/aromatic N) is 2. The average molecular weight is 372 g/mol. The molecule has 2 heterocycles. The summed E-state index contributed by atoms with van der Waals surface area (Å²) in [6.45, 7) is 3.60. The Labute approximate surface area is 156 Å². The first-order valence-corrected chi connectivity index (χ1v) is 9.20. The van der Waals surface area contributed by atoms with Crippen LogP contribution in [-0.4, -0.2) is 59.7 Å². The number of rotatable bonds is 4. The molecule has 0 unspecified atom stereocenters. The molecule has 0 bridgehead atoms. The molecule has 136 valence electrons. The molecule has 2 fully saturated rings. The number of carbonyl (C=O) groups is 3. The van der Waals surface area contributed by atoms with Crippen LogP contribution in [0.3, 0.4) is 0 Å². The first kappa shape index (κ1) is 18.4. The fourth-order valence-corrected chi connectivity index (χ4v) is 3.63. The van der Waals surface area contributed by atoms with Crippen LogP contribution in [0.25, 0.3) is 6.08 Å². The van der Waals surface area contributed by atoms with Crippen molar-refractivity contribution >= 4 is 34.9 Å². The number of allylic oxidation sites excluding steroid dienone is 2. The molecule has 0 N–H and O–H groups in total. The number of carbonyl (C=O) groups excluding carboxylic acids is 3. The van der Waals surface area contributed by atoms with Crippen LogP contribution in [0.1, 0.15) is 12.5 Å². The Morgan fingerprint density at radius 3 is 2.58 bits per heavy atom. The minimum Gasteiger partial charge on any atom is -0.378 e. The van der Waals surface area contributed by atoms with Gasteiger partial charge in [-0.25, -0.2) is 0 Å².